The van der Waals surface area contributed by atoms with Crippen LogP contribution in [0.5, 0.6) is 0 Å². The molecule has 2 aromatic carbocycles. The fourth-order valence-electron chi connectivity index (χ4n) is 5.49. The fraction of sp³-hybridized carbons (Fsp3) is 0.345. The Labute approximate surface area is 238 Å². The van der Waals surface area contributed by atoms with Gasteiger partial charge in [-0.1, -0.05) is 24.6 Å². The third-order valence-electron chi connectivity index (χ3n) is 7.58. The molecule has 2 heterocycles. The molecule has 0 radical (unpaired) electrons. The lowest BCUT2D eigenvalue weighted by Crippen LogP contribution is -2.51. The van der Waals surface area contributed by atoms with Crippen LogP contribution in [0, 0.1) is 23.2 Å². The summed E-state index contributed by atoms with van der Waals surface area (Å²) in [5.41, 5.74) is 0.139. The Morgan fingerprint density at radius 1 is 1.02 bits per heavy atom. The Kier molecular flexibility index (Phi) is 7.89. The highest BCUT2D eigenvalue weighted by atomic mass is 19.4. The second-order valence-electron chi connectivity index (χ2n) is 10.2. The SMILES string of the molecule is N#Cc1cc(NC(=O)c2nc(-c3ccccc3)oc2C(F)(F)F)ccc1N1CCN(C(=O)C2CCCC2C(=O)O)CC1. The number of nitriles is 1. The van der Waals surface area contributed by atoms with Crippen molar-refractivity contribution in [2.24, 2.45) is 11.8 Å². The molecule has 1 saturated carbocycles. The normalized spacial score (nSPS) is 18.9. The maximum absolute atomic E-state index is 13.7. The minimum atomic E-state index is -4.97. The van der Waals surface area contributed by atoms with Crippen LogP contribution in [0.3, 0.4) is 0 Å². The van der Waals surface area contributed by atoms with E-state index in [2.05, 4.69) is 16.4 Å². The van der Waals surface area contributed by atoms with Crippen molar-refractivity contribution in [1.29, 1.82) is 5.26 Å². The Balaban J connectivity index is 1.28. The smallest absolute Gasteiger partial charge is 0.452 e. The molecule has 2 amide bonds. The molecule has 10 nitrogen and oxygen atoms in total. The number of carbonyl (C=O) groups excluding carboxylic acids is 2. The number of amides is 2. The lowest BCUT2D eigenvalue weighted by atomic mass is 9.94. The van der Waals surface area contributed by atoms with Gasteiger partial charge in [0.2, 0.25) is 17.6 Å². The molecule has 1 aliphatic heterocycles. The summed E-state index contributed by atoms with van der Waals surface area (Å²) in [5, 5.41) is 21.6. The van der Waals surface area contributed by atoms with Gasteiger partial charge in [-0.2, -0.15) is 18.4 Å². The molecule has 2 unspecified atom stereocenters. The number of carboxylic acid groups (broad SMARTS) is 1. The largest absolute Gasteiger partial charge is 0.481 e. The molecular formula is C29H26F3N5O5. The number of nitrogens with zero attached hydrogens (tertiary/aromatic N) is 4. The van der Waals surface area contributed by atoms with Gasteiger partial charge in [0.1, 0.15) is 6.07 Å². The standard InChI is InChI=1S/C29H26F3N5O5/c30-29(31,32)24-23(35-26(42-24)17-5-2-1-3-6-17)25(38)34-19-9-10-22(18(15-19)16-33)36-11-13-37(14-12-36)27(39)20-7-4-8-21(20)28(40)41/h1-3,5-6,9-10,15,20-21H,4,7-8,11-14H2,(H,34,38)(H,40,41). The molecule has 2 fully saturated rings. The van der Waals surface area contributed by atoms with E-state index in [1.165, 1.54) is 24.3 Å². The zero-order valence-electron chi connectivity index (χ0n) is 22.2. The molecule has 42 heavy (non-hydrogen) atoms. The Morgan fingerprint density at radius 3 is 2.36 bits per heavy atom. The Hall–Kier alpha value is -4.86. The van der Waals surface area contributed by atoms with E-state index in [1.807, 2.05) is 4.90 Å². The van der Waals surface area contributed by atoms with Crippen molar-refractivity contribution in [2.75, 3.05) is 36.4 Å². The topological polar surface area (TPSA) is 140 Å². The maximum Gasteiger partial charge on any atom is 0.452 e. The molecular weight excluding hydrogens is 555 g/mol. The van der Waals surface area contributed by atoms with Crippen molar-refractivity contribution in [3.63, 3.8) is 0 Å². The van der Waals surface area contributed by atoms with Gasteiger partial charge in [-0.05, 0) is 43.2 Å². The molecule has 218 valence electrons. The number of carbonyl (C=O) groups is 3. The summed E-state index contributed by atoms with van der Waals surface area (Å²) in [7, 11) is 0. The number of anilines is 2. The molecule has 3 aromatic rings. The predicted octanol–water partition coefficient (Wildman–Crippen LogP) is 4.63. The minimum Gasteiger partial charge on any atom is -0.481 e. The first kappa shape index (κ1) is 28.7. The van der Waals surface area contributed by atoms with Gasteiger partial charge in [-0.25, -0.2) is 4.98 Å². The lowest BCUT2D eigenvalue weighted by molar-refractivity contribution is -0.153. The van der Waals surface area contributed by atoms with Gasteiger partial charge in [0.05, 0.1) is 23.1 Å². The Morgan fingerprint density at radius 2 is 1.71 bits per heavy atom. The van der Waals surface area contributed by atoms with Crippen molar-refractivity contribution in [1.82, 2.24) is 9.88 Å². The van der Waals surface area contributed by atoms with Crippen LogP contribution in [0.2, 0.25) is 0 Å². The van der Waals surface area contributed by atoms with Crippen LogP contribution in [-0.2, 0) is 15.8 Å². The van der Waals surface area contributed by atoms with Gasteiger partial charge >= 0.3 is 12.1 Å². The number of aliphatic carboxylic acids is 1. The van der Waals surface area contributed by atoms with E-state index in [-0.39, 0.29) is 28.6 Å². The summed E-state index contributed by atoms with van der Waals surface area (Å²) in [6.07, 6.45) is -3.23. The number of oxazole rings is 1. The van der Waals surface area contributed by atoms with Crippen LogP contribution >= 0.6 is 0 Å². The van der Waals surface area contributed by atoms with Gasteiger partial charge in [-0.15, -0.1) is 0 Å². The summed E-state index contributed by atoms with van der Waals surface area (Å²) >= 11 is 0. The molecule has 2 atom stereocenters. The van der Waals surface area contributed by atoms with E-state index in [0.29, 0.717) is 51.1 Å². The van der Waals surface area contributed by atoms with E-state index >= 15 is 0 Å². The van der Waals surface area contributed by atoms with E-state index < -0.39 is 41.3 Å². The van der Waals surface area contributed by atoms with Crippen LogP contribution in [0.25, 0.3) is 11.5 Å². The lowest BCUT2D eigenvalue weighted by Gasteiger charge is -2.38. The number of halogens is 3. The minimum absolute atomic E-state index is 0.0902. The number of carboxylic acids is 1. The average Bonchev–Trinajstić information content (AvgIpc) is 3.66. The van der Waals surface area contributed by atoms with E-state index in [1.54, 1.807) is 29.2 Å². The third kappa shape index (κ3) is 5.79. The van der Waals surface area contributed by atoms with Gasteiger partial charge in [-0.3, -0.25) is 14.4 Å². The number of aromatic nitrogens is 1. The molecule has 2 aliphatic rings. The van der Waals surface area contributed by atoms with Crippen molar-refractivity contribution in [2.45, 2.75) is 25.4 Å². The molecule has 1 aliphatic carbocycles. The van der Waals surface area contributed by atoms with Gasteiger partial charge in [0, 0.05) is 37.4 Å². The summed E-state index contributed by atoms with van der Waals surface area (Å²) < 4.78 is 45.9. The molecule has 1 saturated heterocycles. The number of alkyl halides is 3. The van der Waals surface area contributed by atoms with Gasteiger partial charge in [0.25, 0.3) is 5.91 Å². The zero-order chi connectivity index (χ0) is 30.0. The first-order chi connectivity index (χ1) is 20.1. The third-order valence-corrected chi connectivity index (χ3v) is 7.58. The number of piperazine rings is 1. The van der Waals surface area contributed by atoms with Crippen molar-refractivity contribution < 1.29 is 37.1 Å². The highest BCUT2D eigenvalue weighted by Gasteiger charge is 2.42. The molecule has 0 bridgehead atoms. The first-order valence-electron chi connectivity index (χ1n) is 13.3. The monoisotopic (exact) mass is 581 g/mol. The number of benzene rings is 2. The van der Waals surface area contributed by atoms with Gasteiger partial charge < -0.3 is 24.6 Å². The van der Waals surface area contributed by atoms with Crippen LogP contribution < -0.4 is 10.2 Å². The molecule has 13 heteroatoms. The second kappa shape index (κ2) is 11.6. The highest BCUT2D eigenvalue weighted by molar-refractivity contribution is 6.04. The maximum atomic E-state index is 13.7. The number of hydrogen-bond donors (Lipinski definition) is 2. The van der Waals surface area contributed by atoms with E-state index in [0.717, 1.165) is 0 Å². The average molecular weight is 582 g/mol. The molecule has 5 rings (SSSR count). The van der Waals surface area contributed by atoms with Crippen LogP contribution in [0.1, 0.15) is 41.1 Å². The second-order valence-corrected chi connectivity index (χ2v) is 10.2. The molecule has 0 spiro atoms. The highest BCUT2D eigenvalue weighted by Crippen LogP contribution is 2.36. The Bertz CT molecular complexity index is 1540. The summed E-state index contributed by atoms with van der Waals surface area (Å²) in [5.74, 6) is -5.36. The van der Waals surface area contributed by atoms with Gasteiger partial charge in [0.15, 0.2) is 5.69 Å². The van der Waals surface area contributed by atoms with Crippen molar-refractivity contribution in [3.8, 4) is 17.5 Å². The van der Waals surface area contributed by atoms with Crippen LogP contribution in [0.15, 0.2) is 52.9 Å². The first-order valence-corrected chi connectivity index (χ1v) is 13.3. The number of rotatable bonds is 6. The van der Waals surface area contributed by atoms with E-state index in [9.17, 15) is 37.9 Å². The number of nitrogens with one attached hydrogen (secondary N) is 1. The quantitative estimate of drug-likeness (QED) is 0.430. The fourth-order valence-corrected chi connectivity index (χ4v) is 5.49. The molecule has 2 N–H and O–H groups in total. The summed E-state index contributed by atoms with van der Waals surface area (Å²) in [4.78, 5) is 44.7. The summed E-state index contributed by atoms with van der Waals surface area (Å²) in [6, 6.07) is 14.3. The summed E-state index contributed by atoms with van der Waals surface area (Å²) in [6.45, 7) is 1.49. The van der Waals surface area contributed by atoms with Crippen molar-refractivity contribution >= 4 is 29.2 Å². The van der Waals surface area contributed by atoms with Crippen LogP contribution in [0.4, 0.5) is 24.5 Å². The zero-order valence-corrected chi connectivity index (χ0v) is 22.2. The van der Waals surface area contributed by atoms with Crippen molar-refractivity contribution in [3.05, 3.63) is 65.5 Å². The predicted molar refractivity (Wildman–Crippen MR) is 143 cm³/mol. The van der Waals surface area contributed by atoms with Crippen LogP contribution in [-0.4, -0.2) is 59.0 Å². The number of hydrogen-bond acceptors (Lipinski definition) is 7. The van der Waals surface area contributed by atoms with E-state index in [4.69, 9.17) is 4.42 Å². The molecule has 1 aromatic heterocycles.